The van der Waals surface area contributed by atoms with Gasteiger partial charge in [-0.2, -0.15) is 0 Å². The fourth-order valence-electron chi connectivity index (χ4n) is 3.04. The van der Waals surface area contributed by atoms with Gasteiger partial charge in [0.15, 0.2) is 0 Å². The number of aliphatic carboxylic acids is 1. The molecule has 0 aromatic heterocycles. The molecule has 11 heteroatoms. The van der Waals surface area contributed by atoms with Crippen molar-refractivity contribution in [3.05, 3.63) is 65.7 Å². The Hall–Kier alpha value is -3.96. The molecule has 0 radical (unpaired) electrons. The molecule has 3 unspecified atom stereocenters. The Morgan fingerprint density at radius 1 is 0.824 bits per heavy atom. The Morgan fingerprint density at radius 2 is 1.44 bits per heavy atom. The van der Waals surface area contributed by atoms with Crippen LogP contribution in [0.1, 0.15) is 11.1 Å². The van der Waals surface area contributed by atoms with Gasteiger partial charge in [-0.15, -0.1) is 0 Å². The second-order valence-corrected chi connectivity index (χ2v) is 7.59. The van der Waals surface area contributed by atoms with Crippen molar-refractivity contribution in [1.82, 2.24) is 16.0 Å². The van der Waals surface area contributed by atoms with Crippen molar-refractivity contribution in [2.24, 2.45) is 5.73 Å². The zero-order valence-electron chi connectivity index (χ0n) is 18.3. The molecule has 0 bridgehead atoms. The lowest BCUT2D eigenvalue weighted by Crippen LogP contribution is -2.55. The first-order valence-electron chi connectivity index (χ1n) is 10.5. The molecule has 0 aliphatic carbocycles. The van der Waals surface area contributed by atoms with Crippen LogP contribution >= 0.6 is 0 Å². The highest BCUT2D eigenvalue weighted by atomic mass is 16.4. The van der Waals surface area contributed by atoms with E-state index in [9.17, 15) is 34.5 Å². The number of carbonyl (C=O) groups is 4. The Kier molecular flexibility index (Phi) is 9.99. The van der Waals surface area contributed by atoms with E-state index in [0.29, 0.717) is 11.1 Å². The van der Waals surface area contributed by atoms with Gasteiger partial charge in [0.1, 0.15) is 17.8 Å². The summed E-state index contributed by atoms with van der Waals surface area (Å²) in [5.41, 5.74) is 7.25. The molecule has 3 atom stereocenters. The average molecular weight is 472 g/mol. The predicted octanol–water partition coefficient (Wildman–Crippen LogP) is -1.33. The van der Waals surface area contributed by atoms with Crippen LogP contribution in [0.4, 0.5) is 0 Å². The van der Waals surface area contributed by atoms with E-state index in [1.54, 1.807) is 42.5 Å². The van der Waals surface area contributed by atoms with Crippen LogP contribution in [0.2, 0.25) is 0 Å². The minimum Gasteiger partial charge on any atom is -0.508 e. The van der Waals surface area contributed by atoms with Gasteiger partial charge in [-0.1, -0.05) is 42.5 Å². The third kappa shape index (κ3) is 8.52. The van der Waals surface area contributed by atoms with Gasteiger partial charge >= 0.3 is 5.97 Å². The summed E-state index contributed by atoms with van der Waals surface area (Å²) < 4.78 is 0. The van der Waals surface area contributed by atoms with Crippen molar-refractivity contribution in [2.75, 3.05) is 13.2 Å². The minimum absolute atomic E-state index is 0.0596. The van der Waals surface area contributed by atoms with E-state index in [4.69, 9.17) is 5.73 Å². The van der Waals surface area contributed by atoms with E-state index < -0.39 is 55.0 Å². The summed E-state index contributed by atoms with van der Waals surface area (Å²) in [5.74, 6) is -3.44. The standard InChI is InChI=1S/C23H28N4O7/c24-17(10-15-6-8-16(29)9-7-15)21(31)27-19(13-28)22(32)25-12-20(30)26-18(23(33)34)11-14-4-2-1-3-5-14/h1-9,17-19,28-29H,10-13,24H2,(H,25,32)(H,26,30)(H,27,31)(H,33,34). The Balaban J connectivity index is 1.83. The van der Waals surface area contributed by atoms with Gasteiger partial charge in [-0.25, -0.2) is 4.79 Å². The van der Waals surface area contributed by atoms with Crippen molar-refractivity contribution in [3.8, 4) is 5.75 Å². The van der Waals surface area contributed by atoms with Gasteiger partial charge in [0.2, 0.25) is 17.7 Å². The maximum absolute atomic E-state index is 12.3. The van der Waals surface area contributed by atoms with Crippen LogP contribution in [0.15, 0.2) is 54.6 Å². The van der Waals surface area contributed by atoms with E-state index in [1.165, 1.54) is 12.1 Å². The van der Waals surface area contributed by atoms with Crippen LogP contribution in [0.3, 0.4) is 0 Å². The first-order valence-corrected chi connectivity index (χ1v) is 10.5. The van der Waals surface area contributed by atoms with Crippen LogP contribution in [-0.2, 0) is 32.0 Å². The van der Waals surface area contributed by atoms with E-state index >= 15 is 0 Å². The van der Waals surface area contributed by atoms with Crippen LogP contribution < -0.4 is 21.7 Å². The van der Waals surface area contributed by atoms with Crippen molar-refractivity contribution in [2.45, 2.75) is 31.0 Å². The Labute approximate surface area is 196 Å². The molecule has 0 saturated heterocycles. The number of aliphatic hydroxyl groups is 1. The summed E-state index contributed by atoms with van der Waals surface area (Å²) in [7, 11) is 0. The number of hydrogen-bond acceptors (Lipinski definition) is 7. The lowest BCUT2D eigenvalue weighted by atomic mass is 10.1. The molecule has 2 aromatic carbocycles. The zero-order chi connectivity index (χ0) is 25.1. The van der Waals surface area contributed by atoms with Gasteiger partial charge < -0.3 is 37.0 Å². The van der Waals surface area contributed by atoms with E-state index in [-0.39, 0.29) is 18.6 Å². The van der Waals surface area contributed by atoms with E-state index in [1.807, 2.05) is 0 Å². The molecule has 0 aliphatic heterocycles. The molecule has 0 fully saturated rings. The number of benzene rings is 2. The third-order valence-corrected chi connectivity index (χ3v) is 4.88. The number of nitrogens with two attached hydrogens (primary N) is 1. The van der Waals surface area contributed by atoms with E-state index in [2.05, 4.69) is 16.0 Å². The highest BCUT2D eigenvalue weighted by Gasteiger charge is 2.25. The first kappa shape index (κ1) is 26.3. The topological polar surface area (TPSA) is 191 Å². The second kappa shape index (κ2) is 12.9. The highest BCUT2D eigenvalue weighted by Crippen LogP contribution is 2.11. The number of hydrogen-bond donors (Lipinski definition) is 7. The van der Waals surface area contributed by atoms with Gasteiger partial charge in [-0.3, -0.25) is 14.4 Å². The van der Waals surface area contributed by atoms with E-state index in [0.717, 1.165) is 0 Å². The number of carbonyl (C=O) groups excluding carboxylic acids is 3. The smallest absolute Gasteiger partial charge is 0.326 e. The van der Waals surface area contributed by atoms with Gasteiger partial charge in [0.05, 0.1) is 19.2 Å². The first-order chi connectivity index (χ1) is 16.2. The van der Waals surface area contributed by atoms with Crippen molar-refractivity contribution < 1.29 is 34.5 Å². The maximum Gasteiger partial charge on any atom is 0.326 e. The SMILES string of the molecule is NC(Cc1ccc(O)cc1)C(=O)NC(CO)C(=O)NCC(=O)NC(Cc1ccccc1)C(=O)O. The summed E-state index contributed by atoms with van der Waals surface area (Å²) in [5, 5.41) is 35.0. The molecule has 0 spiro atoms. The highest BCUT2D eigenvalue weighted by molar-refractivity contribution is 5.92. The lowest BCUT2D eigenvalue weighted by Gasteiger charge is -2.19. The molecule has 8 N–H and O–H groups in total. The molecule has 3 amide bonds. The lowest BCUT2D eigenvalue weighted by molar-refractivity contribution is -0.141. The number of amides is 3. The number of phenolic OH excluding ortho intramolecular Hbond substituents is 1. The average Bonchev–Trinajstić information content (AvgIpc) is 2.82. The molecular formula is C23H28N4O7. The summed E-state index contributed by atoms with van der Waals surface area (Å²) >= 11 is 0. The number of aliphatic hydroxyl groups excluding tert-OH is 1. The van der Waals surface area contributed by atoms with Crippen molar-refractivity contribution >= 4 is 23.7 Å². The molecule has 11 nitrogen and oxygen atoms in total. The summed E-state index contributed by atoms with van der Waals surface area (Å²) in [4.78, 5) is 48.2. The van der Waals surface area contributed by atoms with Crippen LogP contribution in [0, 0.1) is 0 Å². The van der Waals surface area contributed by atoms with Gasteiger partial charge in [0, 0.05) is 6.42 Å². The zero-order valence-corrected chi connectivity index (χ0v) is 18.3. The normalized spacial score (nSPS) is 13.2. The molecular weight excluding hydrogens is 444 g/mol. The van der Waals surface area contributed by atoms with Gasteiger partial charge in [0.25, 0.3) is 0 Å². The van der Waals surface area contributed by atoms with Crippen molar-refractivity contribution in [1.29, 1.82) is 0 Å². The van der Waals surface area contributed by atoms with Crippen molar-refractivity contribution in [3.63, 3.8) is 0 Å². The molecule has 0 aliphatic rings. The maximum atomic E-state index is 12.3. The number of aromatic hydroxyl groups is 1. The fraction of sp³-hybridized carbons (Fsp3) is 0.304. The predicted molar refractivity (Wildman–Crippen MR) is 122 cm³/mol. The van der Waals surface area contributed by atoms with Crippen LogP contribution in [-0.4, -0.2) is 70.3 Å². The number of rotatable bonds is 12. The molecule has 2 rings (SSSR count). The van der Waals surface area contributed by atoms with Crippen LogP contribution in [0.25, 0.3) is 0 Å². The fourth-order valence-corrected chi connectivity index (χ4v) is 3.04. The number of carboxylic acid groups (broad SMARTS) is 1. The third-order valence-electron chi connectivity index (χ3n) is 4.88. The summed E-state index contributed by atoms with van der Waals surface area (Å²) in [6, 6.07) is 11.2. The molecule has 0 heterocycles. The number of nitrogens with one attached hydrogen (secondary N) is 3. The summed E-state index contributed by atoms with van der Waals surface area (Å²) in [6.07, 6.45) is 0.191. The second-order valence-electron chi connectivity index (χ2n) is 7.59. The molecule has 0 saturated carbocycles. The molecule has 2 aromatic rings. The molecule has 182 valence electrons. The Morgan fingerprint density at radius 3 is 2.03 bits per heavy atom. The Bertz CT molecular complexity index is 983. The van der Waals surface area contributed by atoms with Crippen LogP contribution in [0.5, 0.6) is 5.75 Å². The van der Waals surface area contributed by atoms with Gasteiger partial charge in [-0.05, 0) is 29.7 Å². The number of phenols is 1. The molecule has 34 heavy (non-hydrogen) atoms. The monoisotopic (exact) mass is 472 g/mol. The largest absolute Gasteiger partial charge is 0.508 e. The quantitative estimate of drug-likeness (QED) is 0.197. The minimum atomic E-state index is -1.36. The summed E-state index contributed by atoms with van der Waals surface area (Å²) in [6.45, 7) is -1.29. The number of carboxylic acids is 1.